The number of hydrogen-bond acceptors (Lipinski definition) is 3. The highest BCUT2D eigenvalue weighted by molar-refractivity contribution is 5.37. The summed E-state index contributed by atoms with van der Waals surface area (Å²) in [6.45, 7) is 2.94. The number of para-hydroxylation sites is 1. The summed E-state index contributed by atoms with van der Waals surface area (Å²) in [5, 5.41) is 10.9. The Morgan fingerprint density at radius 2 is 1.71 bits per heavy atom. The first kappa shape index (κ1) is 15.7. The third-order valence-electron chi connectivity index (χ3n) is 5.48. The van der Waals surface area contributed by atoms with Gasteiger partial charge >= 0.3 is 0 Å². The topological polar surface area (TPSA) is 32.7 Å². The summed E-state index contributed by atoms with van der Waals surface area (Å²) < 4.78 is 6.03. The van der Waals surface area contributed by atoms with Gasteiger partial charge in [0.2, 0.25) is 0 Å². The second kappa shape index (κ2) is 6.58. The van der Waals surface area contributed by atoms with Crippen LogP contribution in [0.5, 0.6) is 5.75 Å². The smallest absolute Gasteiger partial charge is 0.123 e. The van der Waals surface area contributed by atoms with Crippen molar-refractivity contribution in [3.05, 3.63) is 65.7 Å². The Bertz CT molecular complexity index is 652. The van der Waals surface area contributed by atoms with Gasteiger partial charge in [-0.3, -0.25) is 0 Å². The van der Waals surface area contributed by atoms with Crippen molar-refractivity contribution in [2.75, 3.05) is 19.6 Å². The minimum atomic E-state index is -0.655. The van der Waals surface area contributed by atoms with Gasteiger partial charge in [0, 0.05) is 26.1 Å². The lowest BCUT2D eigenvalue weighted by atomic mass is 9.84. The van der Waals surface area contributed by atoms with Gasteiger partial charge in [-0.1, -0.05) is 48.5 Å². The summed E-state index contributed by atoms with van der Waals surface area (Å²) in [6, 6.07) is 18.5. The quantitative estimate of drug-likeness (QED) is 0.936. The van der Waals surface area contributed by atoms with Crippen LogP contribution < -0.4 is 4.74 Å². The van der Waals surface area contributed by atoms with E-state index >= 15 is 0 Å². The maximum Gasteiger partial charge on any atom is 0.123 e. The minimum absolute atomic E-state index is 0.303. The van der Waals surface area contributed by atoms with E-state index in [-0.39, 0.29) is 0 Å². The molecule has 2 aromatic rings. The van der Waals surface area contributed by atoms with Crippen molar-refractivity contribution in [3.63, 3.8) is 0 Å². The lowest BCUT2D eigenvalue weighted by molar-refractivity contribution is -0.0273. The normalized spacial score (nSPS) is 22.8. The second-order valence-electron chi connectivity index (χ2n) is 7.08. The molecule has 3 nitrogen and oxygen atoms in total. The van der Waals surface area contributed by atoms with Crippen molar-refractivity contribution >= 4 is 0 Å². The van der Waals surface area contributed by atoms with Crippen molar-refractivity contribution in [1.29, 1.82) is 0 Å². The van der Waals surface area contributed by atoms with Crippen LogP contribution in [0.2, 0.25) is 0 Å². The number of hydrogen-bond donors (Lipinski definition) is 1. The van der Waals surface area contributed by atoms with E-state index in [1.54, 1.807) is 0 Å². The summed E-state index contributed by atoms with van der Waals surface area (Å²) in [5.41, 5.74) is 1.73. The summed E-state index contributed by atoms with van der Waals surface area (Å²) >= 11 is 0. The average molecular weight is 323 g/mol. The highest BCUT2D eigenvalue weighted by Crippen LogP contribution is 2.33. The maximum atomic E-state index is 10.9. The van der Waals surface area contributed by atoms with Crippen molar-refractivity contribution in [3.8, 4) is 5.75 Å². The molecule has 3 heteroatoms. The molecule has 0 amide bonds. The van der Waals surface area contributed by atoms with Crippen molar-refractivity contribution in [2.24, 2.45) is 0 Å². The van der Waals surface area contributed by atoms with Crippen molar-refractivity contribution in [2.45, 2.75) is 37.4 Å². The summed E-state index contributed by atoms with van der Waals surface area (Å²) in [5.74, 6) is 1.06. The number of benzene rings is 2. The van der Waals surface area contributed by atoms with Crippen LogP contribution in [0.3, 0.4) is 0 Å². The van der Waals surface area contributed by atoms with Crippen LogP contribution in [0, 0.1) is 0 Å². The number of rotatable bonds is 4. The van der Waals surface area contributed by atoms with Crippen LogP contribution in [-0.4, -0.2) is 35.7 Å². The van der Waals surface area contributed by atoms with E-state index in [4.69, 9.17) is 4.74 Å². The Morgan fingerprint density at radius 3 is 2.46 bits per heavy atom. The predicted molar refractivity (Wildman–Crippen MR) is 95.2 cm³/mol. The van der Waals surface area contributed by atoms with Crippen LogP contribution in [0.15, 0.2) is 54.6 Å². The van der Waals surface area contributed by atoms with Crippen molar-refractivity contribution in [1.82, 2.24) is 4.90 Å². The molecule has 0 spiro atoms. The van der Waals surface area contributed by atoms with Crippen LogP contribution in [-0.2, 0) is 12.0 Å². The number of aliphatic hydroxyl groups is 1. The van der Waals surface area contributed by atoms with Crippen LogP contribution in [0.25, 0.3) is 0 Å². The second-order valence-corrected chi connectivity index (χ2v) is 7.08. The molecule has 0 aliphatic carbocycles. The molecule has 2 aliphatic heterocycles. The first-order chi connectivity index (χ1) is 11.7. The summed E-state index contributed by atoms with van der Waals surface area (Å²) in [6.07, 6.45) is 4.00. The lowest BCUT2D eigenvalue weighted by Gasteiger charge is -2.38. The van der Waals surface area contributed by atoms with E-state index in [2.05, 4.69) is 23.1 Å². The van der Waals surface area contributed by atoms with Crippen molar-refractivity contribution < 1.29 is 9.84 Å². The molecule has 0 aromatic heterocycles. The summed E-state index contributed by atoms with van der Waals surface area (Å²) in [4.78, 5) is 2.46. The Balaban J connectivity index is 1.27. The van der Waals surface area contributed by atoms with Gasteiger partial charge in [0.15, 0.2) is 0 Å². The first-order valence-electron chi connectivity index (χ1n) is 8.98. The highest BCUT2D eigenvalue weighted by atomic mass is 16.5. The third kappa shape index (κ3) is 3.19. The van der Waals surface area contributed by atoms with E-state index in [9.17, 15) is 5.11 Å². The van der Waals surface area contributed by atoms with E-state index in [1.807, 2.05) is 36.4 Å². The molecule has 2 aliphatic rings. The molecule has 126 valence electrons. The molecule has 1 fully saturated rings. The number of likely N-dealkylation sites (tertiary alicyclic amines) is 1. The number of piperidine rings is 1. The number of ether oxygens (including phenoxy) is 1. The zero-order valence-electron chi connectivity index (χ0n) is 14.0. The zero-order valence-corrected chi connectivity index (χ0v) is 14.0. The molecule has 1 saturated heterocycles. The fourth-order valence-electron chi connectivity index (χ4n) is 3.93. The molecule has 1 atom stereocenters. The zero-order chi connectivity index (χ0) is 16.4. The van der Waals surface area contributed by atoms with E-state index in [1.165, 1.54) is 5.56 Å². The standard InChI is InChI=1S/C21H25NO2/c23-21(18-7-2-1-3-8-18)11-14-22(15-12-21)13-10-19-16-17-6-4-5-9-20(17)24-19/h1-9,19,23H,10-16H2. The highest BCUT2D eigenvalue weighted by Gasteiger charge is 2.34. The Morgan fingerprint density at radius 1 is 1.00 bits per heavy atom. The van der Waals surface area contributed by atoms with E-state index in [0.29, 0.717) is 6.10 Å². The molecule has 1 unspecified atom stereocenters. The molecular weight excluding hydrogens is 298 g/mol. The van der Waals surface area contributed by atoms with Gasteiger partial charge in [0.25, 0.3) is 0 Å². The molecular formula is C21H25NO2. The SMILES string of the molecule is OC1(c2ccccc2)CCN(CCC2Cc3ccccc3O2)CC1. The maximum absolute atomic E-state index is 10.9. The Hall–Kier alpha value is -1.84. The monoisotopic (exact) mass is 323 g/mol. The van der Waals surface area contributed by atoms with E-state index in [0.717, 1.165) is 56.6 Å². The molecule has 0 saturated carbocycles. The average Bonchev–Trinajstić information content (AvgIpc) is 3.05. The van der Waals surface area contributed by atoms with Gasteiger partial charge in [-0.15, -0.1) is 0 Å². The molecule has 1 N–H and O–H groups in total. The third-order valence-corrected chi connectivity index (χ3v) is 5.48. The molecule has 0 bridgehead atoms. The Kier molecular flexibility index (Phi) is 4.30. The van der Waals surface area contributed by atoms with Gasteiger partial charge in [-0.25, -0.2) is 0 Å². The molecule has 4 rings (SSSR count). The van der Waals surface area contributed by atoms with Gasteiger partial charge in [-0.2, -0.15) is 0 Å². The molecule has 0 radical (unpaired) electrons. The minimum Gasteiger partial charge on any atom is -0.490 e. The lowest BCUT2D eigenvalue weighted by Crippen LogP contribution is -2.43. The van der Waals surface area contributed by atoms with Gasteiger partial charge in [0.05, 0.1) is 5.60 Å². The van der Waals surface area contributed by atoms with Gasteiger partial charge < -0.3 is 14.7 Å². The van der Waals surface area contributed by atoms with Gasteiger partial charge in [-0.05, 0) is 36.5 Å². The first-order valence-corrected chi connectivity index (χ1v) is 8.98. The fourth-order valence-corrected chi connectivity index (χ4v) is 3.93. The number of fused-ring (bicyclic) bond motifs is 1. The van der Waals surface area contributed by atoms with Gasteiger partial charge in [0.1, 0.15) is 11.9 Å². The van der Waals surface area contributed by atoms with Crippen LogP contribution in [0.1, 0.15) is 30.4 Å². The number of nitrogens with zero attached hydrogens (tertiary/aromatic N) is 1. The molecule has 2 aromatic carbocycles. The molecule has 24 heavy (non-hydrogen) atoms. The molecule has 2 heterocycles. The predicted octanol–water partition coefficient (Wildman–Crippen LogP) is 3.36. The van der Waals surface area contributed by atoms with E-state index < -0.39 is 5.60 Å². The van der Waals surface area contributed by atoms with Crippen LogP contribution in [0.4, 0.5) is 0 Å². The Labute approximate surface area is 143 Å². The fraction of sp³-hybridized carbons (Fsp3) is 0.429. The van der Waals surface area contributed by atoms with Crippen LogP contribution >= 0.6 is 0 Å². The largest absolute Gasteiger partial charge is 0.490 e. The summed E-state index contributed by atoms with van der Waals surface area (Å²) in [7, 11) is 0.